The normalized spacial score (nSPS) is 13.7. The van der Waals surface area contributed by atoms with Crippen molar-refractivity contribution in [3.05, 3.63) is 65.0 Å². The first kappa shape index (κ1) is 24.2. The summed E-state index contributed by atoms with van der Waals surface area (Å²) in [7, 11) is 5.09. The molecule has 35 heavy (non-hydrogen) atoms. The Bertz CT molecular complexity index is 1260. The zero-order valence-electron chi connectivity index (χ0n) is 20.2. The van der Waals surface area contributed by atoms with Crippen molar-refractivity contribution in [2.24, 2.45) is 0 Å². The van der Waals surface area contributed by atoms with Gasteiger partial charge in [-0.3, -0.25) is 0 Å². The predicted octanol–water partition coefficient (Wildman–Crippen LogP) is 3.98. The summed E-state index contributed by atoms with van der Waals surface area (Å²) in [5.41, 5.74) is 2.13. The molecule has 1 saturated heterocycles. The Labute approximate surface area is 203 Å². The second kappa shape index (κ2) is 10.6. The van der Waals surface area contributed by atoms with Gasteiger partial charge in [0, 0.05) is 50.3 Å². The highest BCUT2D eigenvalue weighted by Crippen LogP contribution is 2.32. The van der Waals surface area contributed by atoms with Crippen molar-refractivity contribution in [1.82, 2.24) is 14.9 Å². The van der Waals surface area contributed by atoms with E-state index in [0.717, 1.165) is 43.3 Å². The summed E-state index contributed by atoms with van der Waals surface area (Å²) in [6.45, 7) is 5.41. The zero-order chi connectivity index (χ0) is 24.9. The van der Waals surface area contributed by atoms with Gasteiger partial charge in [-0.25, -0.2) is 18.7 Å². The molecule has 0 atom stereocenters. The molecule has 1 fully saturated rings. The largest absolute Gasteiger partial charge is 0.495 e. The summed E-state index contributed by atoms with van der Waals surface area (Å²) in [6, 6.07) is 7.17. The molecule has 1 aliphatic heterocycles. The molecule has 1 aliphatic rings. The molecule has 0 bridgehead atoms. The summed E-state index contributed by atoms with van der Waals surface area (Å²) >= 11 is 0. The number of halogens is 2. The van der Waals surface area contributed by atoms with Gasteiger partial charge in [-0.1, -0.05) is 11.8 Å². The van der Waals surface area contributed by atoms with Crippen LogP contribution in [-0.4, -0.2) is 62.3 Å². The van der Waals surface area contributed by atoms with Crippen LogP contribution in [0.25, 0.3) is 0 Å². The number of hydrogen-bond acceptors (Lipinski definition) is 7. The number of piperazine rings is 1. The number of aromatic nitrogens is 2. The Balaban J connectivity index is 1.49. The number of likely N-dealkylation sites (N-methyl/N-ethyl adjacent to an activating group) is 1. The molecule has 0 saturated carbocycles. The molecule has 4 rings (SSSR count). The average Bonchev–Trinajstić information content (AvgIpc) is 2.87. The van der Waals surface area contributed by atoms with Crippen molar-refractivity contribution in [1.29, 1.82) is 0 Å². The molecule has 182 valence electrons. The molecule has 3 aromatic rings. The quantitative estimate of drug-likeness (QED) is 0.556. The zero-order valence-corrected chi connectivity index (χ0v) is 20.2. The van der Waals surface area contributed by atoms with Crippen LogP contribution >= 0.6 is 0 Å². The second-order valence-corrected chi connectivity index (χ2v) is 8.25. The first-order valence-corrected chi connectivity index (χ1v) is 11.1. The third-order valence-corrected chi connectivity index (χ3v) is 5.83. The van der Waals surface area contributed by atoms with Crippen LogP contribution in [0.1, 0.15) is 16.7 Å². The van der Waals surface area contributed by atoms with Gasteiger partial charge in [0.05, 0.1) is 25.5 Å². The molecule has 0 unspecified atom stereocenters. The summed E-state index contributed by atoms with van der Waals surface area (Å²) in [5, 5.41) is 3.14. The Hall–Kier alpha value is -3.90. The van der Waals surface area contributed by atoms with Gasteiger partial charge >= 0.3 is 0 Å². The van der Waals surface area contributed by atoms with E-state index in [1.807, 2.05) is 18.2 Å². The molecule has 7 nitrogen and oxygen atoms in total. The van der Waals surface area contributed by atoms with Gasteiger partial charge in [0.1, 0.15) is 17.1 Å². The van der Waals surface area contributed by atoms with E-state index in [4.69, 9.17) is 9.47 Å². The lowest BCUT2D eigenvalue weighted by atomic mass is 10.1. The van der Waals surface area contributed by atoms with Gasteiger partial charge in [-0.05, 0) is 37.7 Å². The average molecular weight is 480 g/mol. The molecule has 0 amide bonds. The van der Waals surface area contributed by atoms with E-state index >= 15 is 0 Å². The number of nitrogens with zero attached hydrogens (tertiary/aromatic N) is 4. The van der Waals surface area contributed by atoms with Crippen LogP contribution in [0, 0.1) is 30.4 Å². The minimum Gasteiger partial charge on any atom is -0.495 e. The van der Waals surface area contributed by atoms with Crippen LogP contribution in [0.2, 0.25) is 0 Å². The van der Waals surface area contributed by atoms with E-state index in [1.54, 1.807) is 7.11 Å². The SMILES string of the molecule is COc1cc(Nc2ncc(C#Cc3c(F)c(C)cc(OC)c3F)cn2)ccc1N1CCN(C)CC1. The maximum absolute atomic E-state index is 14.4. The van der Waals surface area contributed by atoms with E-state index in [9.17, 15) is 8.78 Å². The van der Waals surface area contributed by atoms with E-state index in [2.05, 4.69) is 44.0 Å². The van der Waals surface area contributed by atoms with Gasteiger partial charge in [0.25, 0.3) is 0 Å². The fourth-order valence-corrected chi connectivity index (χ4v) is 3.78. The molecular formula is C26H27F2N5O2. The monoisotopic (exact) mass is 479 g/mol. The summed E-state index contributed by atoms with van der Waals surface area (Å²) in [5.74, 6) is 4.75. The van der Waals surface area contributed by atoms with Crippen molar-refractivity contribution < 1.29 is 18.3 Å². The van der Waals surface area contributed by atoms with Gasteiger partial charge in [-0.2, -0.15) is 0 Å². The number of methoxy groups -OCH3 is 2. The van der Waals surface area contributed by atoms with Crippen LogP contribution in [0.15, 0.2) is 36.7 Å². The number of nitrogens with one attached hydrogen (secondary N) is 1. The lowest BCUT2D eigenvalue weighted by Crippen LogP contribution is -2.44. The Morgan fingerprint density at radius 1 is 0.914 bits per heavy atom. The topological polar surface area (TPSA) is 62.8 Å². The first-order chi connectivity index (χ1) is 16.9. The van der Waals surface area contributed by atoms with Crippen molar-refractivity contribution in [2.45, 2.75) is 6.92 Å². The van der Waals surface area contributed by atoms with Crippen molar-refractivity contribution in [3.8, 4) is 23.3 Å². The Morgan fingerprint density at radius 2 is 1.60 bits per heavy atom. The van der Waals surface area contributed by atoms with Crippen LogP contribution in [0.5, 0.6) is 11.5 Å². The third kappa shape index (κ3) is 5.44. The number of aryl methyl sites for hydroxylation is 1. The fraction of sp³-hybridized carbons (Fsp3) is 0.308. The highest BCUT2D eigenvalue weighted by molar-refractivity contribution is 5.67. The summed E-state index contributed by atoms with van der Waals surface area (Å²) in [6.07, 6.45) is 2.97. The van der Waals surface area contributed by atoms with Gasteiger partial charge in [-0.15, -0.1) is 0 Å². The smallest absolute Gasteiger partial charge is 0.227 e. The Morgan fingerprint density at radius 3 is 2.26 bits per heavy atom. The summed E-state index contributed by atoms with van der Waals surface area (Å²) in [4.78, 5) is 13.1. The number of anilines is 3. The maximum atomic E-state index is 14.4. The molecule has 1 aromatic heterocycles. The number of hydrogen-bond donors (Lipinski definition) is 1. The molecule has 1 N–H and O–H groups in total. The van der Waals surface area contributed by atoms with Crippen LogP contribution in [0.4, 0.5) is 26.1 Å². The van der Waals surface area contributed by atoms with E-state index in [1.165, 1.54) is 32.5 Å². The standard InChI is InChI=1S/C26H27F2N5O2/c1-17-13-23(35-4)25(28)20(24(17)27)7-5-18-15-29-26(30-16-18)31-19-6-8-21(22(14-19)34-3)33-11-9-32(2)10-12-33/h6,8,13-16H,9-12H2,1-4H3,(H,29,30,31). The molecule has 0 spiro atoms. The highest BCUT2D eigenvalue weighted by atomic mass is 19.1. The first-order valence-electron chi connectivity index (χ1n) is 11.1. The molecule has 2 aromatic carbocycles. The predicted molar refractivity (Wildman–Crippen MR) is 132 cm³/mol. The molecule has 9 heteroatoms. The van der Waals surface area contributed by atoms with Crippen molar-refractivity contribution >= 4 is 17.3 Å². The van der Waals surface area contributed by atoms with Crippen LogP contribution in [-0.2, 0) is 0 Å². The van der Waals surface area contributed by atoms with E-state index in [0.29, 0.717) is 11.5 Å². The summed E-state index contributed by atoms with van der Waals surface area (Å²) < 4.78 is 39.4. The van der Waals surface area contributed by atoms with E-state index in [-0.39, 0.29) is 16.9 Å². The molecule has 2 heterocycles. The molecule has 0 aliphatic carbocycles. The maximum Gasteiger partial charge on any atom is 0.227 e. The number of rotatable bonds is 5. The second-order valence-electron chi connectivity index (χ2n) is 8.25. The van der Waals surface area contributed by atoms with Crippen molar-refractivity contribution in [3.63, 3.8) is 0 Å². The number of benzene rings is 2. The molecule has 0 radical (unpaired) electrons. The third-order valence-electron chi connectivity index (χ3n) is 5.83. The fourth-order valence-electron chi connectivity index (χ4n) is 3.78. The number of ether oxygens (including phenoxy) is 2. The van der Waals surface area contributed by atoms with Gasteiger partial charge in [0.2, 0.25) is 5.95 Å². The van der Waals surface area contributed by atoms with Crippen LogP contribution in [0.3, 0.4) is 0 Å². The van der Waals surface area contributed by atoms with E-state index < -0.39 is 11.6 Å². The Kier molecular flexibility index (Phi) is 7.32. The minimum atomic E-state index is -0.837. The lowest BCUT2D eigenvalue weighted by molar-refractivity contribution is 0.311. The minimum absolute atomic E-state index is 0.0573. The molecular weight excluding hydrogens is 452 g/mol. The lowest BCUT2D eigenvalue weighted by Gasteiger charge is -2.34. The van der Waals surface area contributed by atoms with Crippen LogP contribution < -0.4 is 19.7 Å². The van der Waals surface area contributed by atoms with Gasteiger partial charge in [0.15, 0.2) is 11.6 Å². The van der Waals surface area contributed by atoms with Crippen molar-refractivity contribution in [2.75, 3.05) is 57.7 Å². The highest BCUT2D eigenvalue weighted by Gasteiger charge is 2.18. The van der Waals surface area contributed by atoms with Gasteiger partial charge < -0.3 is 24.6 Å².